The van der Waals surface area contributed by atoms with Crippen LogP contribution in [0.2, 0.25) is 0 Å². The van der Waals surface area contributed by atoms with E-state index in [4.69, 9.17) is 4.74 Å². The monoisotopic (exact) mass is 317 g/mol. The Kier molecular flexibility index (Phi) is 4.91. The van der Waals surface area contributed by atoms with Crippen molar-refractivity contribution in [1.29, 1.82) is 0 Å². The van der Waals surface area contributed by atoms with Crippen molar-refractivity contribution in [3.63, 3.8) is 0 Å². The molecule has 23 heavy (non-hydrogen) atoms. The average Bonchev–Trinajstić information content (AvgIpc) is 2.97. The summed E-state index contributed by atoms with van der Waals surface area (Å²) in [6.07, 6.45) is 5.46. The van der Waals surface area contributed by atoms with Crippen LogP contribution in [0, 0.1) is 5.92 Å². The number of aromatic nitrogens is 1. The van der Waals surface area contributed by atoms with E-state index in [0.717, 1.165) is 18.4 Å². The number of carbonyl (C=O) groups excluding carboxylic acids is 2. The lowest BCUT2D eigenvalue weighted by Crippen LogP contribution is -2.45. The number of nitrogens with zero attached hydrogens (tertiary/aromatic N) is 2. The fourth-order valence-electron chi connectivity index (χ4n) is 3.36. The lowest BCUT2D eigenvalue weighted by atomic mass is 9.95. The minimum Gasteiger partial charge on any atom is -0.371 e. The van der Waals surface area contributed by atoms with E-state index in [9.17, 15) is 9.59 Å². The molecule has 2 aliphatic rings. The number of likely N-dealkylation sites (tertiary alicyclic amines) is 1. The average molecular weight is 317 g/mol. The summed E-state index contributed by atoms with van der Waals surface area (Å²) in [6.45, 7) is 3.82. The molecule has 2 fully saturated rings. The van der Waals surface area contributed by atoms with E-state index >= 15 is 0 Å². The summed E-state index contributed by atoms with van der Waals surface area (Å²) in [5.74, 6) is -0.218. The van der Waals surface area contributed by atoms with E-state index in [1.807, 2.05) is 19.1 Å². The van der Waals surface area contributed by atoms with Gasteiger partial charge in [-0.3, -0.25) is 14.6 Å². The summed E-state index contributed by atoms with van der Waals surface area (Å²) in [4.78, 5) is 30.1. The van der Waals surface area contributed by atoms with E-state index in [1.165, 1.54) is 0 Å². The molecule has 0 radical (unpaired) electrons. The standard InChI is InChI=1S/C17H23N3O3/c1-2-20-11-13(10-15(20)21)17(22)19-14-4-3-9-23-16(14)12-5-7-18-8-6-12/h5-8,13-14,16H,2-4,9-11H2,1H3,(H,19,22)/t13-,14-,16+/m0/s1. The number of amides is 2. The van der Waals surface area contributed by atoms with E-state index in [2.05, 4.69) is 10.3 Å². The Morgan fingerprint density at radius 1 is 1.43 bits per heavy atom. The maximum absolute atomic E-state index is 12.5. The first-order chi connectivity index (χ1) is 11.2. The van der Waals surface area contributed by atoms with Crippen molar-refractivity contribution < 1.29 is 14.3 Å². The number of hydrogen-bond donors (Lipinski definition) is 1. The van der Waals surface area contributed by atoms with Crippen LogP contribution in [0.25, 0.3) is 0 Å². The Morgan fingerprint density at radius 2 is 2.22 bits per heavy atom. The van der Waals surface area contributed by atoms with E-state index in [0.29, 0.717) is 26.1 Å². The van der Waals surface area contributed by atoms with Crippen LogP contribution in [0.15, 0.2) is 24.5 Å². The maximum atomic E-state index is 12.5. The second-order valence-electron chi connectivity index (χ2n) is 6.16. The van der Waals surface area contributed by atoms with Gasteiger partial charge < -0.3 is 15.0 Å². The van der Waals surface area contributed by atoms with Crippen molar-refractivity contribution in [2.75, 3.05) is 19.7 Å². The van der Waals surface area contributed by atoms with E-state index in [1.54, 1.807) is 17.3 Å². The lowest BCUT2D eigenvalue weighted by Gasteiger charge is -2.33. The molecule has 3 rings (SSSR count). The van der Waals surface area contributed by atoms with E-state index in [-0.39, 0.29) is 29.9 Å². The number of nitrogens with one attached hydrogen (secondary N) is 1. The van der Waals surface area contributed by atoms with Crippen LogP contribution in [0.4, 0.5) is 0 Å². The molecule has 0 spiro atoms. The first kappa shape index (κ1) is 15.9. The fraction of sp³-hybridized carbons (Fsp3) is 0.588. The molecule has 3 heterocycles. The van der Waals surface area contributed by atoms with Crippen molar-refractivity contribution in [3.8, 4) is 0 Å². The molecule has 1 aromatic rings. The molecule has 2 aliphatic heterocycles. The third kappa shape index (κ3) is 3.52. The largest absolute Gasteiger partial charge is 0.371 e. The Bertz CT molecular complexity index is 563. The molecule has 1 aromatic heterocycles. The second-order valence-corrected chi connectivity index (χ2v) is 6.16. The third-order valence-corrected chi connectivity index (χ3v) is 4.65. The smallest absolute Gasteiger partial charge is 0.225 e. The van der Waals surface area contributed by atoms with Crippen molar-refractivity contribution in [2.45, 2.75) is 38.3 Å². The molecule has 6 heteroatoms. The molecule has 2 saturated heterocycles. The van der Waals surface area contributed by atoms with Crippen LogP contribution in [-0.4, -0.2) is 47.4 Å². The van der Waals surface area contributed by atoms with Crippen molar-refractivity contribution in [2.24, 2.45) is 5.92 Å². The maximum Gasteiger partial charge on any atom is 0.225 e. The van der Waals surface area contributed by atoms with Gasteiger partial charge in [0.2, 0.25) is 11.8 Å². The lowest BCUT2D eigenvalue weighted by molar-refractivity contribution is -0.130. The van der Waals surface area contributed by atoms with Crippen LogP contribution in [0.3, 0.4) is 0 Å². The molecular formula is C17H23N3O3. The normalized spacial score (nSPS) is 28.0. The van der Waals surface area contributed by atoms with Crippen molar-refractivity contribution in [3.05, 3.63) is 30.1 Å². The molecule has 0 aromatic carbocycles. The van der Waals surface area contributed by atoms with Gasteiger partial charge >= 0.3 is 0 Å². The molecule has 0 unspecified atom stereocenters. The van der Waals surface area contributed by atoms with Crippen molar-refractivity contribution in [1.82, 2.24) is 15.2 Å². The summed E-state index contributed by atoms with van der Waals surface area (Å²) in [5.41, 5.74) is 1.03. The highest BCUT2D eigenvalue weighted by atomic mass is 16.5. The second kappa shape index (κ2) is 7.08. The SMILES string of the molecule is CCN1C[C@@H](C(=O)N[C@H]2CCCO[C@@H]2c2ccncc2)CC1=O. The van der Waals surface area contributed by atoms with Crippen LogP contribution in [0.5, 0.6) is 0 Å². The molecule has 1 N–H and O–H groups in total. The van der Waals surface area contributed by atoms with Crippen LogP contribution >= 0.6 is 0 Å². The minimum absolute atomic E-state index is 0.0381. The molecule has 0 aliphatic carbocycles. The number of carbonyl (C=O) groups is 2. The van der Waals surface area contributed by atoms with Gasteiger partial charge in [0.05, 0.1) is 12.0 Å². The third-order valence-electron chi connectivity index (χ3n) is 4.65. The zero-order chi connectivity index (χ0) is 16.2. The zero-order valence-electron chi connectivity index (χ0n) is 13.4. The quantitative estimate of drug-likeness (QED) is 0.908. The van der Waals surface area contributed by atoms with Gasteiger partial charge in [-0.2, -0.15) is 0 Å². The number of pyridine rings is 1. The summed E-state index contributed by atoms with van der Waals surface area (Å²) >= 11 is 0. The van der Waals surface area contributed by atoms with Gasteiger partial charge in [-0.1, -0.05) is 0 Å². The minimum atomic E-state index is -0.248. The molecule has 3 atom stereocenters. The Balaban J connectivity index is 1.65. The van der Waals surface area contributed by atoms with Gasteiger partial charge in [-0.15, -0.1) is 0 Å². The molecule has 6 nitrogen and oxygen atoms in total. The summed E-state index contributed by atoms with van der Waals surface area (Å²) < 4.78 is 5.88. The number of rotatable bonds is 4. The summed E-state index contributed by atoms with van der Waals surface area (Å²) in [5, 5.41) is 3.11. The summed E-state index contributed by atoms with van der Waals surface area (Å²) in [6, 6.07) is 3.80. The van der Waals surface area contributed by atoms with Crippen LogP contribution in [-0.2, 0) is 14.3 Å². The van der Waals surface area contributed by atoms with Gasteiger partial charge in [0, 0.05) is 38.5 Å². The topological polar surface area (TPSA) is 71.5 Å². The first-order valence-corrected chi connectivity index (χ1v) is 8.28. The molecule has 0 bridgehead atoms. The van der Waals surface area contributed by atoms with Gasteiger partial charge in [0.25, 0.3) is 0 Å². The summed E-state index contributed by atoms with van der Waals surface area (Å²) in [7, 11) is 0. The molecular weight excluding hydrogens is 294 g/mol. The number of hydrogen-bond acceptors (Lipinski definition) is 4. The Labute approximate surface area is 136 Å². The zero-order valence-corrected chi connectivity index (χ0v) is 13.4. The van der Waals surface area contributed by atoms with Gasteiger partial charge in [0.15, 0.2) is 0 Å². The Morgan fingerprint density at radius 3 is 2.91 bits per heavy atom. The molecule has 0 saturated carbocycles. The van der Waals surface area contributed by atoms with Crippen molar-refractivity contribution >= 4 is 11.8 Å². The number of ether oxygens (including phenoxy) is 1. The molecule has 124 valence electrons. The highest BCUT2D eigenvalue weighted by Crippen LogP contribution is 2.29. The first-order valence-electron chi connectivity index (χ1n) is 8.28. The fourth-order valence-corrected chi connectivity index (χ4v) is 3.36. The highest BCUT2D eigenvalue weighted by Gasteiger charge is 2.36. The predicted molar refractivity (Wildman–Crippen MR) is 84.5 cm³/mol. The van der Waals surface area contributed by atoms with Gasteiger partial charge in [0.1, 0.15) is 6.10 Å². The van der Waals surface area contributed by atoms with Crippen LogP contribution < -0.4 is 5.32 Å². The highest BCUT2D eigenvalue weighted by molar-refractivity contribution is 5.89. The van der Waals surface area contributed by atoms with Crippen LogP contribution in [0.1, 0.15) is 37.9 Å². The Hall–Kier alpha value is -1.95. The predicted octanol–water partition coefficient (Wildman–Crippen LogP) is 1.29. The van der Waals surface area contributed by atoms with Gasteiger partial charge in [-0.05, 0) is 37.5 Å². The van der Waals surface area contributed by atoms with Gasteiger partial charge in [-0.25, -0.2) is 0 Å². The van der Waals surface area contributed by atoms with E-state index < -0.39 is 0 Å². The molecule has 2 amide bonds.